The molecule has 9 heteroatoms. The van der Waals surface area contributed by atoms with E-state index < -0.39 is 0 Å². The summed E-state index contributed by atoms with van der Waals surface area (Å²) in [6.07, 6.45) is 2.25. The van der Waals surface area contributed by atoms with E-state index in [9.17, 15) is 4.79 Å². The molecule has 4 aromatic rings. The number of nitrogens with one attached hydrogen (secondary N) is 2. The number of carbonyl (C=O) groups is 1. The summed E-state index contributed by atoms with van der Waals surface area (Å²) in [5.41, 5.74) is 9.71. The molecule has 2 aromatic heterocycles. The highest BCUT2D eigenvalue weighted by Crippen LogP contribution is 2.24. The highest BCUT2D eigenvalue weighted by atomic mass is 16.5. The molecule has 0 saturated carbocycles. The molecule has 1 fully saturated rings. The summed E-state index contributed by atoms with van der Waals surface area (Å²) < 4.78 is 6.74. The van der Waals surface area contributed by atoms with Gasteiger partial charge in [-0.2, -0.15) is 5.10 Å². The van der Waals surface area contributed by atoms with Crippen LogP contribution >= 0.6 is 0 Å². The molecule has 1 aliphatic heterocycles. The number of amides is 1. The van der Waals surface area contributed by atoms with Crippen LogP contribution in [0.3, 0.4) is 0 Å². The number of anilines is 2. The van der Waals surface area contributed by atoms with E-state index in [1.54, 1.807) is 28.9 Å². The zero-order chi connectivity index (χ0) is 22.2. The van der Waals surface area contributed by atoms with E-state index in [1.807, 2.05) is 31.2 Å². The molecule has 2 aromatic carbocycles. The van der Waals surface area contributed by atoms with Crippen molar-refractivity contribution in [1.82, 2.24) is 19.8 Å². The molecule has 5 rings (SSSR count). The molecule has 0 atom stereocenters. The van der Waals surface area contributed by atoms with Gasteiger partial charge in [0.05, 0.1) is 16.8 Å². The van der Waals surface area contributed by atoms with Gasteiger partial charge in [-0.05, 0) is 68.3 Å². The molecule has 1 saturated heterocycles. The van der Waals surface area contributed by atoms with Gasteiger partial charge in [-0.25, -0.2) is 4.68 Å². The Bertz CT molecular complexity index is 1310. The maximum absolute atomic E-state index is 13.1. The van der Waals surface area contributed by atoms with Crippen LogP contribution in [0.4, 0.5) is 11.5 Å². The van der Waals surface area contributed by atoms with Crippen molar-refractivity contribution in [2.24, 2.45) is 0 Å². The Kier molecular flexibility index (Phi) is 4.85. The van der Waals surface area contributed by atoms with Crippen molar-refractivity contribution in [3.05, 3.63) is 65.5 Å². The Morgan fingerprint density at radius 2 is 1.88 bits per heavy atom. The molecule has 1 amide bonds. The number of hydrogen-bond donors (Lipinski definition) is 3. The van der Waals surface area contributed by atoms with Crippen molar-refractivity contribution in [3.63, 3.8) is 0 Å². The molecule has 32 heavy (non-hydrogen) atoms. The SMILES string of the molecule is Cc1cc(C(=O)Nc2ccc(C(=N)N3CCCC3)cc2)n(-c2ccc3onc(N)c3c2)n1. The minimum atomic E-state index is -0.286. The van der Waals surface area contributed by atoms with Crippen molar-refractivity contribution < 1.29 is 9.32 Å². The standard InChI is InChI=1S/C23H23N7O2/c1-14-12-19(30(27-14)17-8-9-20-18(13-17)21(24)28-32-20)23(31)26-16-6-4-15(5-7-16)22(25)29-10-2-3-11-29/h4-9,12-13,25H,2-3,10-11H2,1H3,(H2,24,28)(H,26,31). The van der Waals surface area contributed by atoms with Crippen LogP contribution in [0, 0.1) is 12.3 Å². The molecule has 4 N–H and O–H groups in total. The van der Waals surface area contributed by atoms with Gasteiger partial charge in [0.25, 0.3) is 5.91 Å². The highest BCUT2D eigenvalue weighted by Gasteiger charge is 2.18. The normalized spacial score (nSPS) is 13.6. The zero-order valence-corrected chi connectivity index (χ0v) is 17.6. The summed E-state index contributed by atoms with van der Waals surface area (Å²) in [4.78, 5) is 15.1. The first-order valence-corrected chi connectivity index (χ1v) is 10.5. The van der Waals surface area contributed by atoms with Crippen molar-refractivity contribution >= 4 is 34.2 Å². The number of fused-ring (bicyclic) bond motifs is 1. The first kappa shape index (κ1) is 19.8. The topological polar surface area (TPSA) is 126 Å². The number of benzene rings is 2. The lowest BCUT2D eigenvalue weighted by Crippen LogP contribution is -2.27. The zero-order valence-electron chi connectivity index (χ0n) is 17.6. The number of nitrogens with zero attached hydrogens (tertiary/aromatic N) is 4. The maximum Gasteiger partial charge on any atom is 0.274 e. The highest BCUT2D eigenvalue weighted by molar-refractivity contribution is 6.04. The van der Waals surface area contributed by atoms with Crippen LogP contribution in [-0.2, 0) is 0 Å². The molecule has 162 valence electrons. The van der Waals surface area contributed by atoms with Gasteiger partial charge in [-0.3, -0.25) is 10.2 Å². The number of hydrogen-bond acceptors (Lipinski definition) is 6. The predicted molar refractivity (Wildman–Crippen MR) is 122 cm³/mol. The van der Waals surface area contributed by atoms with E-state index in [0.717, 1.165) is 31.5 Å². The Balaban J connectivity index is 1.38. The van der Waals surface area contributed by atoms with Gasteiger partial charge in [-0.15, -0.1) is 0 Å². The monoisotopic (exact) mass is 429 g/mol. The van der Waals surface area contributed by atoms with Crippen molar-refractivity contribution in [2.75, 3.05) is 24.1 Å². The van der Waals surface area contributed by atoms with Crippen molar-refractivity contribution in [1.29, 1.82) is 5.41 Å². The van der Waals surface area contributed by atoms with Crippen LogP contribution in [0.2, 0.25) is 0 Å². The lowest BCUT2D eigenvalue weighted by Gasteiger charge is -2.18. The van der Waals surface area contributed by atoms with Crippen LogP contribution in [0.25, 0.3) is 16.7 Å². The van der Waals surface area contributed by atoms with E-state index >= 15 is 0 Å². The van der Waals surface area contributed by atoms with E-state index in [4.69, 9.17) is 15.7 Å². The maximum atomic E-state index is 13.1. The van der Waals surface area contributed by atoms with Gasteiger partial charge in [0.1, 0.15) is 11.5 Å². The number of amidine groups is 1. The Morgan fingerprint density at radius 1 is 1.12 bits per heavy atom. The van der Waals surface area contributed by atoms with Gasteiger partial charge in [-0.1, -0.05) is 5.16 Å². The lowest BCUT2D eigenvalue weighted by molar-refractivity contribution is 0.101. The van der Waals surface area contributed by atoms with Gasteiger partial charge in [0.15, 0.2) is 11.4 Å². The second-order valence-corrected chi connectivity index (χ2v) is 7.91. The van der Waals surface area contributed by atoms with Gasteiger partial charge in [0, 0.05) is 24.3 Å². The first-order valence-electron chi connectivity index (χ1n) is 10.5. The molecule has 0 spiro atoms. The summed E-state index contributed by atoms with van der Waals surface area (Å²) >= 11 is 0. The van der Waals surface area contributed by atoms with E-state index in [2.05, 4.69) is 20.5 Å². The Labute approximate surface area is 184 Å². The quantitative estimate of drug-likeness (QED) is 0.336. The van der Waals surface area contributed by atoms with Gasteiger partial charge >= 0.3 is 0 Å². The van der Waals surface area contributed by atoms with Crippen LogP contribution < -0.4 is 11.1 Å². The third kappa shape index (κ3) is 3.58. The Morgan fingerprint density at radius 3 is 2.62 bits per heavy atom. The number of nitrogen functional groups attached to an aromatic ring is 1. The summed E-state index contributed by atoms with van der Waals surface area (Å²) in [5.74, 6) is 0.528. The van der Waals surface area contributed by atoms with Crippen LogP contribution in [0.5, 0.6) is 0 Å². The first-order chi connectivity index (χ1) is 15.5. The number of likely N-dealkylation sites (tertiary alicyclic amines) is 1. The van der Waals surface area contributed by atoms with Crippen LogP contribution in [0.1, 0.15) is 34.6 Å². The largest absolute Gasteiger partial charge is 0.380 e. The molecular weight excluding hydrogens is 406 g/mol. The molecular formula is C23H23N7O2. The third-order valence-electron chi connectivity index (χ3n) is 5.63. The van der Waals surface area contributed by atoms with Crippen LogP contribution in [0.15, 0.2) is 53.1 Å². The van der Waals surface area contributed by atoms with Crippen molar-refractivity contribution in [2.45, 2.75) is 19.8 Å². The number of aromatic nitrogens is 3. The molecule has 3 heterocycles. The summed E-state index contributed by atoms with van der Waals surface area (Å²) in [7, 11) is 0. The predicted octanol–water partition coefficient (Wildman–Crippen LogP) is 3.58. The molecule has 0 aliphatic carbocycles. The molecule has 1 aliphatic rings. The molecule has 9 nitrogen and oxygen atoms in total. The smallest absolute Gasteiger partial charge is 0.274 e. The van der Waals surface area contributed by atoms with E-state index in [1.165, 1.54) is 0 Å². The fourth-order valence-electron chi connectivity index (χ4n) is 3.96. The molecule has 0 radical (unpaired) electrons. The second kappa shape index (κ2) is 7.84. The minimum Gasteiger partial charge on any atom is -0.380 e. The summed E-state index contributed by atoms with van der Waals surface area (Å²) in [6, 6.07) is 14.4. The second-order valence-electron chi connectivity index (χ2n) is 7.91. The molecule has 0 unspecified atom stereocenters. The number of nitrogens with two attached hydrogens (primary N) is 1. The summed E-state index contributed by atoms with van der Waals surface area (Å²) in [6.45, 7) is 3.68. The lowest BCUT2D eigenvalue weighted by atomic mass is 10.1. The van der Waals surface area contributed by atoms with Crippen molar-refractivity contribution in [3.8, 4) is 5.69 Å². The number of rotatable bonds is 4. The van der Waals surface area contributed by atoms with Crippen LogP contribution in [-0.4, -0.2) is 44.7 Å². The van der Waals surface area contributed by atoms with Gasteiger partial charge in [0.2, 0.25) is 0 Å². The van der Waals surface area contributed by atoms with E-state index in [-0.39, 0.29) is 11.7 Å². The Hall–Kier alpha value is -4.14. The van der Waals surface area contributed by atoms with Gasteiger partial charge < -0.3 is 20.5 Å². The average Bonchev–Trinajstić information content (AvgIpc) is 3.54. The minimum absolute atomic E-state index is 0.286. The van der Waals surface area contributed by atoms with E-state index in [0.29, 0.717) is 39.6 Å². The average molecular weight is 429 g/mol. The number of aryl methyl sites for hydroxylation is 1. The molecule has 0 bridgehead atoms. The fourth-order valence-corrected chi connectivity index (χ4v) is 3.96. The fraction of sp³-hybridized carbons (Fsp3) is 0.217. The number of carbonyl (C=O) groups excluding carboxylic acids is 1. The summed E-state index contributed by atoms with van der Waals surface area (Å²) in [5, 5.41) is 20.2. The third-order valence-corrected chi connectivity index (χ3v) is 5.63.